The summed E-state index contributed by atoms with van der Waals surface area (Å²) in [5.74, 6) is 1.50. The van der Waals surface area contributed by atoms with Crippen LogP contribution in [0.4, 0.5) is 0 Å². The first kappa shape index (κ1) is 28.2. The van der Waals surface area contributed by atoms with Gasteiger partial charge in [0.05, 0.1) is 0 Å². The molecule has 1 atom stereocenters. The van der Waals surface area contributed by atoms with Crippen molar-refractivity contribution in [3.05, 3.63) is 169 Å². The van der Waals surface area contributed by atoms with E-state index in [-0.39, 0.29) is 6.04 Å². The van der Waals surface area contributed by atoms with E-state index in [0.717, 1.165) is 22.6 Å². The molecular formula is C48H29N3. The monoisotopic (exact) mass is 647 g/mol. The minimum Gasteiger partial charge on any atom is -0.250 e. The lowest BCUT2D eigenvalue weighted by Crippen LogP contribution is -2.12. The van der Waals surface area contributed by atoms with E-state index in [1.54, 1.807) is 6.21 Å². The normalized spacial score (nSPS) is 15.3. The molecule has 3 heteroatoms. The first-order valence-corrected chi connectivity index (χ1v) is 17.5. The molecule has 1 unspecified atom stereocenters. The highest BCUT2D eigenvalue weighted by Gasteiger charge is 2.24. The SMILES string of the molecule is C1=CC2N=C(c3ccc(-c4ccc(-c5cc6cccc7c8ccccc8c8ccccc8c8cccc5c8c67)cc4)c4ccccc34)N=C2N=C1. The molecule has 0 bridgehead atoms. The van der Waals surface area contributed by atoms with Gasteiger partial charge in [-0.15, -0.1) is 0 Å². The summed E-state index contributed by atoms with van der Waals surface area (Å²) in [5, 5.41) is 15.1. The quantitative estimate of drug-likeness (QED) is 0.171. The number of hydrogen-bond acceptors (Lipinski definition) is 3. The fourth-order valence-corrected chi connectivity index (χ4v) is 8.45. The second-order valence-electron chi connectivity index (χ2n) is 13.5. The maximum atomic E-state index is 4.89. The van der Waals surface area contributed by atoms with E-state index in [0.29, 0.717) is 0 Å². The molecule has 0 radical (unpaired) electrons. The van der Waals surface area contributed by atoms with Crippen LogP contribution in [0.25, 0.3) is 86.9 Å². The Bertz CT molecular complexity index is 3070. The number of allylic oxidation sites excluding steroid dienone is 1. The second kappa shape index (κ2) is 10.9. The molecule has 0 fully saturated rings. The molecule has 51 heavy (non-hydrogen) atoms. The summed E-state index contributed by atoms with van der Waals surface area (Å²) in [4.78, 5) is 14.1. The van der Waals surface area contributed by atoms with Crippen LogP contribution in [0.3, 0.4) is 0 Å². The Kier molecular flexibility index (Phi) is 6.02. The predicted octanol–water partition coefficient (Wildman–Crippen LogP) is 12.1. The molecule has 0 aliphatic carbocycles. The van der Waals surface area contributed by atoms with E-state index < -0.39 is 0 Å². The van der Waals surface area contributed by atoms with Crippen LogP contribution in [0.1, 0.15) is 5.56 Å². The van der Waals surface area contributed by atoms with E-state index in [2.05, 4.69) is 157 Å². The highest BCUT2D eigenvalue weighted by molar-refractivity contribution is 6.34. The van der Waals surface area contributed by atoms with Crippen LogP contribution in [0, 0.1) is 0 Å². The summed E-state index contributed by atoms with van der Waals surface area (Å²) in [6.45, 7) is 0. The molecule has 9 aromatic carbocycles. The van der Waals surface area contributed by atoms with Crippen LogP contribution in [0.15, 0.2) is 179 Å². The van der Waals surface area contributed by atoms with Crippen molar-refractivity contribution < 1.29 is 0 Å². The molecule has 0 saturated carbocycles. The average molecular weight is 648 g/mol. The number of fused-ring (bicyclic) bond motifs is 7. The average Bonchev–Trinajstić information content (AvgIpc) is 3.63. The molecule has 0 spiro atoms. The van der Waals surface area contributed by atoms with Gasteiger partial charge < -0.3 is 0 Å². The second-order valence-corrected chi connectivity index (χ2v) is 13.5. The zero-order chi connectivity index (χ0) is 33.5. The third-order valence-corrected chi connectivity index (χ3v) is 10.7. The minimum absolute atomic E-state index is 0.0989. The molecule has 2 heterocycles. The van der Waals surface area contributed by atoms with Gasteiger partial charge in [0.1, 0.15) is 6.04 Å². The molecule has 0 saturated heterocycles. The number of nitrogens with zero attached hydrogens (tertiary/aromatic N) is 3. The Balaban J connectivity index is 1.10. The van der Waals surface area contributed by atoms with E-state index in [4.69, 9.17) is 9.98 Å². The third kappa shape index (κ3) is 4.22. The van der Waals surface area contributed by atoms with Crippen molar-refractivity contribution in [2.45, 2.75) is 6.04 Å². The summed E-state index contributed by atoms with van der Waals surface area (Å²) in [6, 6.07) is 55.6. The van der Waals surface area contributed by atoms with Gasteiger partial charge in [-0.1, -0.05) is 146 Å². The van der Waals surface area contributed by atoms with Gasteiger partial charge in [-0.3, -0.25) is 4.99 Å². The fraction of sp³-hybridized carbons (Fsp3) is 0.0208. The van der Waals surface area contributed by atoms with Crippen molar-refractivity contribution in [1.29, 1.82) is 0 Å². The van der Waals surface area contributed by atoms with Crippen LogP contribution in [-0.4, -0.2) is 23.9 Å². The maximum Gasteiger partial charge on any atom is 0.159 e. The predicted molar refractivity (Wildman–Crippen MR) is 218 cm³/mol. The third-order valence-electron chi connectivity index (χ3n) is 10.7. The van der Waals surface area contributed by atoms with Gasteiger partial charge in [-0.2, -0.15) is 0 Å². The van der Waals surface area contributed by atoms with Gasteiger partial charge in [-0.05, 0) is 105 Å². The van der Waals surface area contributed by atoms with Crippen molar-refractivity contribution in [1.82, 2.24) is 0 Å². The van der Waals surface area contributed by atoms with Crippen LogP contribution >= 0.6 is 0 Å². The molecule has 9 aromatic rings. The number of hydrogen-bond donors (Lipinski definition) is 0. The Labute approximate surface area is 294 Å². The molecule has 2 aliphatic heterocycles. The number of amidine groups is 2. The van der Waals surface area contributed by atoms with E-state index >= 15 is 0 Å². The lowest BCUT2D eigenvalue weighted by molar-refractivity contribution is 1.09. The molecule has 3 nitrogen and oxygen atoms in total. The smallest absolute Gasteiger partial charge is 0.159 e. The Morgan fingerprint density at radius 3 is 1.63 bits per heavy atom. The van der Waals surface area contributed by atoms with E-state index in [1.165, 1.54) is 81.5 Å². The molecule has 11 rings (SSSR count). The lowest BCUT2D eigenvalue weighted by Gasteiger charge is -2.17. The van der Waals surface area contributed by atoms with Crippen molar-refractivity contribution in [3.8, 4) is 22.3 Å². The minimum atomic E-state index is -0.0989. The van der Waals surface area contributed by atoms with E-state index in [9.17, 15) is 0 Å². The fourth-order valence-electron chi connectivity index (χ4n) is 8.45. The van der Waals surface area contributed by atoms with Gasteiger partial charge in [-0.25, -0.2) is 9.98 Å². The zero-order valence-corrected chi connectivity index (χ0v) is 27.6. The molecule has 0 N–H and O–H groups in total. The van der Waals surface area contributed by atoms with Gasteiger partial charge >= 0.3 is 0 Å². The first-order valence-electron chi connectivity index (χ1n) is 17.5. The Morgan fingerprint density at radius 1 is 0.412 bits per heavy atom. The highest BCUT2D eigenvalue weighted by atomic mass is 15.1. The number of aliphatic imine (C=N–C) groups is 3. The van der Waals surface area contributed by atoms with Crippen molar-refractivity contribution in [3.63, 3.8) is 0 Å². The molecule has 2 aliphatic rings. The summed E-state index contributed by atoms with van der Waals surface area (Å²) < 4.78 is 0. The van der Waals surface area contributed by atoms with Gasteiger partial charge in [0.15, 0.2) is 11.7 Å². The number of dihydropyridines is 1. The van der Waals surface area contributed by atoms with Gasteiger partial charge in [0, 0.05) is 11.8 Å². The Hall–Kier alpha value is -6.71. The maximum absolute atomic E-state index is 4.89. The van der Waals surface area contributed by atoms with Crippen molar-refractivity contribution >= 4 is 82.5 Å². The van der Waals surface area contributed by atoms with Crippen LogP contribution < -0.4 is 0 Å². The lowest BCUT2D eigenvalue weighted by atomic mass is 9.86. The summed E-state index contributed by atoms with van der Waals surface area (Å²) >= 11 is 0. The summed E-state index contributed by atoms with van der Waals surface area (Å²) in [7, 11) is 0. The van der Waals surface area contributed by atoms with Crippen LogP contribution in [0.2, 0.25) is 0 Å². The molecule has 0 amide bonds. The highest BCUT2D eigenvalue weighted by Crippen LogP contribution is 2.44. The standard InChI is InChI=1S/C48H29N3/c1-6-16-38-33(11-1)32(25-26-42(38)47-50-44-20-9-27-49-48(44)51-47)29-21-23-30(24-22-29)43-28-31-10-7-17-39-36-14-4-2-12-34(36)35-13-3-5-15-37(35)40-18-8-19-41(43)46(40)45(31)39/h1-28,44H. The first-order chi connectivity index (χ1) is 25.3. The molecular weight excluding hydrogens is 619 g/mol. The molecule has 0 aromatic heterocycles. The summed E-state index contributed by atoms with van der Waals surface area (Å²) in [5.41, 5.74) is 5.84. The van der Waals surface area contributed by atoms with Crippen molar-refractivity contribution in [2.24, 2.45) is 15.0 Å². The van der Waals surface area contributed by atoms with Crippen LogP contribution in [-0.2, 0) is 0 Å². The molecule has 236 valence electrons. The topological polar surface area (TPSA) is 37.1 Å². The Morgan fingerprint density at radius 2 is 0.941 bits per heavy atom. The summed E-state index contributed by atoms with van der Waals surface area (Å²) in [6.07, 6.45) is 5.77. The van der Waals surface area contributed by atoms with E-state index in [1.807, 2.05) is 12.2 Å². The number of benzene rings is 8. The van der Waals surface area contributed by atoms with Gasteiger partial charge in [0.25, 0.3) is 0 Å². The number of rotatable bonds is 3. The van der Waals surface area contributed by atoms with Gasteiger partial charge in [0.2, 0.25) is 0 Å². The largest absolute Gasteiger partial charge is 0.250 e. The van der Waals surface area contributed by atoms with Crippen LogP contribution in [0.5, 0.6) is 0 Å². The zero-order valence-electron chi connectivity index (χ0n) is 27.6. The van der Waals surface area contributed by atoms with Crippen molar-refractivity contribution in [2.75, 3.05) is 0 Å².